The number of hydrogen-bond donors (Lipinski definition) is 0. The molecule has 26 heavy (non-hydrogen) atoms. The normalized spacial score (nSPS) is 16.8. The average molecular weight is 351 g/mol. The second-order valence-corrected chi connectivity index (χ2v) is 6.46. The van der Waals surface area contributed by atoms with E-state index in [9.17, 15) is 4.79 Å². The predicted molar refractivity (Wildman–Crippen MR) is 103 cm³/mol. The van der Waals surface area contributed by atoms with Crippen LogP contribution in [0.3, 0.4) is 0 Å². The third kappa shape index (κ3) is 4.26. The van der Waals surface area contributed by atoms with E-state index in [0.717, 1.165) is 37.1 Å². The lowest BCUT2D eigenvalue weighted by Gasteiger charge is -2.23. The molecule has 0 radical (unpaired) electrons. The van der Waals surface area contributed by atoms with Gasteiger partial charge in [-0.15, -0.1) is 0 Å². The lowest BCUT2D eigenvalue weighted by atomic mass is 10.0. The molecule has 0 spiro atoms. The van der Waals surface area contributed by atoms with Gasteiger partial charge in [-0.25, -0.2) is 0 Å². The molecule has 4 heteroatoms. The van der Waals surface area contributed by atoms with Crippen LogP contribution in [0.15, 0.2) is 54.6 Å². The highest BCUT2D eigenvalue weighted by atomic mass is 16.5. The van der Waals surface area contributed by atoms with Crippen molar-refractivity contribution >= 4 is 12.0 Å². The Morgan fingerprint density at radius 2 is 1.96 bits per heavy atom. The maximum absolute atomic E-state index is 12.7. The maximum Gasteiger partial charge on any atom is 0.246 e. The first-order valence-electron chi connectivity index (χ1n) is 8.96. The smallest absolute Gasteiger partial charge is 0.246 e. The van der Waals surface area contributed by atoms with Gasteiger partial charge in [0.15, 0.2) is 0 Å². The van der Waals surface area contributed by atoms with Crippen molar-refractivity contribution in [3.63, 3.8) is 0 Å². The largest absolute Gasteiger partial charge is 0.497 e. The van der Waals surface area contributed by atoms with Gasteiger partial charge in [-0.3, -0.25) is 4.79 Å². The van der Waals surface area contributed by atoms with Gasteiger partial charge in [0.1, 0.15) is 11.5 Å². The zero-order valence-electron chi connectivity index (χ0n) is 15.4. The molecule has 0 aliphatic carbocycles. The van der Waals surface area contributed by atoms with Crippen molar-refractivity contribution in [2.45, 2.75) is 25.3 Å². The molecule has 1 atom stereocenters. The number of amides is 1. The third-order valence-electron chi connectivity index (χ3n) is 4.82. The minimum Gasteiger partial charge on any atom is -0.497 e. The van der Waals surface area contributed by atoms with Crippen LogP contribution in [0.1, 0.15) is 24.0 Å². The van der Waals surface area contributed by atoms with Crippen LogP contribution < -0.4 is 9.47 Å². The van der Waals surface area contributed by atoms with Crippen LogP contribution in [0.5, 0.6) is 11.5 Å². The number of carbonyl (C=O) groups excluding carboxylic acids is 1. The van der Waals surface area contributed by atoms with Gasteiger partial charge in [0.05, 0.1) is 14.2 Å². The van der Waals surface area contributed by atoms with Crippen molar-refractivity contribution in [1.82, 2.24) is 4.90 Å². The summed E-state index contributed by atoms with van der Waals surface area (Å²) in [6.07, 6.45) is 6.49. The lowest BCUT2D eigenvalue weighted by molar-refractivity contribution is -0.126. The van der Waals surface area contributed by atoms with Crippen LogP contribution in [-0.2, 0) is 11.2 Å². The van der Waals surface area contributed by atoms with Crippen molar-refractivity contribution in [2.24, 2.45) is 0 Å². The monoisotopic (exact) mass is 351 g/mol. The molecule has 1 heterocycles. The fraction of sp³-hybridized carbons (Fsp3) is 0.318. The first kappa shape index (κ1) is 18.1. The molecular formula is C22H25NO3. The Labute approximate surface area is 155 Å². The van der Waals surface area contributed by atoms with Crippen LogP contribution in [0.2, 0.25) is 0 Å². The molecule has 2 aromatic rings. The average Bonchev–Trinajstić information content (AvgIpc) is 3.15. The van der Waals surface area contributed by atoms with Gasteiger partial charge >= 0.3 is 0 Å². The van der Waals surface area contributed by atoms with E-state index in [1.54, 1.807) is 20.3 Å². The molecule has 136 valence electrons. The first-order chi connectivity index (χ1) is 12.7. The molecule has 0 aromatic heterocycles. The molecular weight excluding hydrogens is 326 g/mol. The Morgan fingerprint density at radius 1 is 1.15 bits per heavy atom. The topological polar surface area (TPSA) is 38.8 Å². The number of hydrogen-bond acceptors (Lipinski definition) is 3. The van der Waals surface area contributed by atoms with E-state index in [4.69, 9.17) is 9.47 Å². The number of ether oxygens (including phenoxy) is 2. The van der Waals surface area contributed by atoms with Crippen LogP contribution in [0, 0.1) is 0 Å². The highest BCUT2D eigenvalue weighted by Crippen LogP contribution is 2.26. The SMILES string of the molecule is COc1ccc(/C=C/C(=O)N2CCCC2Cc2ccccc2)c(OC)c1. The predicted octanol–water partition coefficient (Wildman–Crippen LogP) is 3.95. The molecule has 0 saturated carbocycles. The Balaban J connectivity index is 1.69. The van der Waals surface area contributed by atoms with E-state index < -0.39 is 0 Å². The molecule has 2 aromatic carbocycles. The molecule has 1 amide bonds. The van der Waals surface area contributed by atoms with Gasteiger partial charge in [0, 0.05) is 30.3 Å². The number of likely N-dealkylation sites (tertiary alicyclic amines) is 1. The maximum atomic E-state index is 12.7. The summed E-state index contributed by atoms with van der Waals surface area (Å²) in [5.74, 6) is 1.48. The van der Waals surface area contributed by atoms with E-state index in [1.807, 2.05) is 47.4 Å². The van der Waals surface area contributed by atoms with Gasteiger partial charge in [-0.05, 0) is 43.0 Å². The number of methoxy groups -OCH3 is 2. The van der Waals surface area contributed by atoms with Crippen molar-refractivity contribution in [2.75, 3.05) is 20.8 Å². The van der Waals surface area contributed by atoms with Gasteiger partial charge in [0.25, 0.3) is 0 Å². The van der Waals surface area contributed by atoms with Gasteiger partial charge in [-0.1, -0.05) is 30.3 Å². The molecule has 1 fully saturated rings. The van der Waals surface area contributed by atoms with Crippen LogP contribution >= 0.6 is 0 Å². The minimum absolute atomic E-state index is 0.0568. The summed E-state index contributed by atoms with van der Waals surface area (Å²) in [7, 11) is 3.23. The summed E-state index contributed by atoms with van der Waals surface area (Å²) in [6, 6.07) is 16.2. The second kappa shape index (κ2) is 8.56. The summed E-state index contributed by atoms with van der Waals surface area (Å²) in [5.41, 5.74) is 2.14. The standard InChI is InChI=1S/C22H25NO3/c1-25-20-12-10-18(21(16-20)26-2)11-13-22(24)23-14-6-9-19(23)15-17-7-4-3-5-8-17/h3-5,7-8,10-13,16,19H,6,9,14-15H2,1-2H3/b13-11+. The van der Waals surface area contributed by atoms with Crippen molar-refractivity contribution in [3.8, 4) is 11.5 Å². The van der Waals surface area contributed by atoms with Gasteiger partial charge < -0.3 is 14.4 Å². The highest BCUT2D eigenvalue weighted by Gasteiger charge is 2.27. The van der Waals surface area contributed by atoms with E-state index in [1.165, 1.54) is 5.56 Å². The van der Waals surface area contributed by atoms with Crippen LogP contribution in [-0.4, -0.2) is 37.6 Å². The van der Waals surface area contributed by atoms with Crippen LogP contribution in [0.25, 0.3) is 6.08 Å². The van der Waals surface area contributed by atoms with Gasteiger partial charge in [-0.2, -0.15) is 0 Å². The molecule has 0 N–H and O–H groups in total. The fourth-order valence-corrected chi connectivity index (χ4v) is 3.44. The summed E-state index contributed by atoms with van der Waals surface area (Å²) in [5, 5.41) is 0. The molecule has 1 aliphatic rings. The molecule has 1 unspecified atom stereocenters. The van der Waals surface area contributed by atoms with Crippen LogP contribution in [0.4, 0.5) is 0 Å². The molecule has 1 aliphatic heterocycles. The van der Waals surface area contributed by atoms with Gasteiger partial charge in [0.2, 0.25) is 5.91 Å². The third-order valence-corrected chi connectivity index (χ3v) is 4.82. The summed E-state index contributed by atoms with van der Waals surface area (Å²) >= 11 is 0. The Morgan fingerprint density at radius 3 is 2.69 bits per heavy atom. The second-order valence-electron chi connectivity index (χ2n) is 6.46. The lowest BCUT2D eigenvalue weighted by Crippen LogP contribution is -2.35. The zero-order chi connectivity index (χ0) is 18.4. The van der Waals surface area contributed by atoms with E-state index in [0.29, 0.717) is 5.75 Å². The number of rotatable bonds is 6. The number of benzene rings is 2. The molecule has 3 rings (SSSR count). The molecule has 0 bridgehead atoms. The Kier molecular flexibility index (Phi) is 5.95. The van der Waals surface area contributed by atoms with E-state index in [-0.39, 0.29) is 11.9 Å². The van der Waals surface area contributed by atoms with Crippen molar-refractivity contribution in [1.29, 1.82) is 0 Å². The van der Waals surface area contributed by atoms with E-state index in [2.05, 4.69) is 12.1 Å². The summed E-state index contributed by atoms with van der Waals surface area (Å²) in [4.78, 5) is 14.7. The molecule has 4 nitrogen and oxygen atoms in total. The van der Waals surface area contributed by atoms with Crippen molar-refractivity contribution in [3.05, 3.63) is 65.7 Å². The number of carbonyl (C=O) groups is 1. The Bertz CT molecular complexity index is 770. The number of nitrogens with zero attached hydrogens (tertiary/aromatic N) is 1. The minimum atomic E-state index is 0.0568. The Hall–Kier alpha value is -2.75. The van der Waals surface area contributed by atoms with Crippen molar-refractivity contribution < 1.29 is 14.3 Å². The fourth-order valence-electron chi connectivity index (χ4n) is 3.44. The highest BCUT2D eigenvalue weighted by molar-refractivity contribution is 5.92. The summed E-state index contributed by atoms with van der Waals surface area (Å²) < 4.78 is 10.6. The van der Waals surface area contributed by atoms with E-state index >= 15 is 0 Å². The zero-order valence-corrected chi connectivity index (χ0v) is 15.4. The first-order valence-corrected chi connectivity index (χ1v) is 8.96. The summed E-state index contributed by atoms with van der Waals surface area (Å²) in [6.45, 7) is 0.820. The molecule has 1 saturated heterocycles. The quantitative estimate of drug-likeness (QED) is 0.740.